The van der Waals surface area contributed by atoms with Gasteiger partial charge in [0.05, 0.1) is 0 Å². The third-order valence-corrected chi connectivity index (χ3v) is 2.87. The molecule has 0 aliphatic heterocycles. The van der Waals surface area contributed by atoms with E-state index < -0.39 is 0 Å². The summed E-state index contributed by atoms with van der Waals surface area (Å²) in [5, 5.41) is 24.3. The number of carbonyl (C=O) groups excluding carboxylic acids is 1. The SMILES string of the molecule is O=C(Cn1nnc(-c2ccsc2)n1)Nc1ncn[nH]1. The summed E-state index contributed by atoms with van der Waals surface area (Å²) in [6, 6.07) is 1.89. The van der Waals surface area contributed by atoms with Gasteiger partial charge in [-0.2, -0.15) is 26.2 Å². The van der Waals surface area contributed by atoms with Gasteiger partial charge in [-0.15, -0.1) is 10.2 Å². The van der Waals surface area contributed by atoms with Gasteiger partial charge in [0.2, 0.25) is 17.7 Å². The Kier molecular flexibility index (Phi) is 2.98. The van der Waals surface area contributed by atoms with Crippen molar-refractivity contribution in [2.75, 3.05) is 5.32 Å². The van der Waals surface area contributed by atoms with Gasteiger partial charge in [-0.1, -0.05) is 0 Å². The minimum absolute atomic E-state index is 0.0438. The molecule has 0 bridgehead atoms. The highest BCUT2D eigenvalue weighted by Gasteiger charge is 2.10. The van der Waals surface area contributed by atoms with Crippen LogP contribution in [-0.2, 0) is 11.3 Å². The first-order valence-electron chi connectivity index (χ1n) is 5.27. The summed E-state index contributed by atoms with van der Waals surface area (Å²) in [4.78, 5) is 16.7. The number of nitrogens with one attached hydrogen (secondary N) is 2. The van der Waals surface area contributed by atoms with Gasteiger partial charge in [0.25, 0.3) is 0 Å². The number of tetrazole rings is 1. The molecule has 3 rings (SSSR count). The second-order valence-corrected chi connectivity index (χ2v) is 4.32. The molecule has 0 fully saturated rings. The zero-order valence-electron chi connectivity index (χ0n) is 9.52. The maximum Gasteiger partial charge on any atom is 0.250 e. The number of aromatic amines is 1. The third kappa shape index (κ3) is 2.63. The first kappa shape index (κ1) is 11.5. The minimum atomic E-state index is -0.314. The van der Waals surface area contributed by atoms with E-state index in [1.807, 2.05) is 16.8 Å². The van der Waals surface area contributed by atoms with E-state index in [0.717, 1.165) is 5.56 Å². The van der Waals surface area contributed by atoms with E-state index in [1.165, 1.54) is 11.1 Å². The quantitative estimate of drug-likeness (QED) is 0.701. The molecule has 0 atom stereocenters. The van der Waals surface area contributed by atoms with E-state index in [4.69, 9.17) is 0 Å². The Bertz CT molecular complexity index is 658. The third-order valence-electron chi connectivity index (χ3n) is 2.19. The molecule has 0 aromatic carbocycles. The van der Waals surface area contributed by atoms with E-state index in [-0.39, 0.29) is 18.4 Å². The molecule has 96 valence electrons. The van der Waals surface area contributed by atoms with Crippen LogP contribution < -0.4 is 5.32 Å². The largest absolute Gasteiger partial charge is 0.293 e. The van der Waals surface area contributed by atoms with Crippen molar-refractivity contribution in [3.8, 4) is 11.4 Å². The summed E-state index contributed by atoms with van der Waals surface area (Å²) in [5.74, 6) is 0.461. The molecule has 1 amide bonds. The molecule has 0 spiro atoms. The molecule has 0 saturated carbocycles. The standard InChI is InChI=1S/C9H8N8OS/c18-7(12-9-10-5-11-14-9)3-17-15-8(13-16-17)6-1-2-19-4-6/h1-2,4-5H,3H2,(H2,10,11,12,14,18). The number of anilines is 1. The van der Waals surface area contributed by atoms with Crippen LogP contribution in [0.4, 0.5) is 5.95 Å². The maximum atomic E-state index is 11.7. The normalized spacial score (nSPS) is 10.5. The molecule has 0 aliphatic rings. The smallest absolute Gasteiger partial charge is 0.250 e. The Labute approximate surface area is 110 Å². The number of aromatic nitrogens is 7. The van der Waals surface area contributed by atoms with Gasteiger partial charge >= 0.3 is 0 Å². The Morgan fingerprint density at radius 2 is 2.47 bits per heavy atom. The summed E-state index contributed by atoms with van der Waals surface area (Å²) in [6.45, 7) is -0.0438. The van der Waals surface area contributed by atoms with E-state index in [1.54, 1.807) is 11.3 Å². The number of amides is 1. The van der Waals surface area contributed by atoms with Crippen LogP contribution in [0.15, 0.2) is 23.2 Å². The maximum absolute atomic E-state index is 11.7. The van der Waals surface area contributed by atoms with Crippen LogP contribution in [0.5, 0.6) is 0 Å². The van der Waals surface area contributed by atoms with Crippen molar-refractivity contribution in [3.05, 3.63) is 23.2 Å². The molecule has 19 heavy (non-hydrogen) atoms. The number of hydrogen-bond acceptors (Lipinski definition) is 7. The second-order valence-electron chi connectivity index (χ2n) is 3.54. The average Bonchev–Trinajstić information content (AvgIpc) is 3.09. The number of thiophene rings is 1. The molecule has 0 saturated heterocycles. The zero-order valence-corrected chi connectivity index (χ0v) is 10.3. The second kappa shape index (κ2) is 4.94. The number of H-pyrrole nitrogens is 1. The molecule has 2 N–H and O–H groups in total. The van der Waals surface area contributed by atoms with E-state index in [0.29, 0.717) is 5.82 Å². The summed E-state index contributed by atoms with van der Waals surface area (Å²) >= 11 is 1.54. The van der Waals surface area contributed by atoms with E-state index in [9.17, 15) is 4.79 Å². The fourth-order valence-electron chi connectivity index (χ4n) is 1.38. The highest BCUT2D eigenvalue weighted by Crippen LogP contribution is 2.16. The summed E-state index contributed by atoms with van der Waals surface area (Å²) < 4.78 is 0. The predicted octanol–water partition coefficient (Wildman–Crippen LogP) is 0.158. The predicted molar refractivity (Wildman–Crippen MR) is 66.1 cm³/mol. The lowest BCUT2D eigenvalue weighted by molar-refractivity contribution is -0.117. The van der Waals surface area contributed by atoms with Gasteiger partial charge in [-0.3, -0.25) is 10.1 Å². The van der Waals surface area contributed by atoms with Crippen LogP contribution in [0.2, 0.25) is 0 Å². The average molecular weight is 276 g/mol. The molecule has 0 unspecified atom stereocenters. The van der Waals surface area contributed by atoms with Gasteiger partial charge in [0.15, 0.2) is 0 Å². The Morgan fingerprint density at radius 1 is 1.53 bits per heavy atom. The molecular weight excluding hydrogens is 268 g/mol. The topological polar surface area (TPSA) is 114 Å². The van der Waals surface area contributed by atoms with Crippen LogP contribution in [-0.4, -0.2) is 41.3 Å². The summed E-state index contributed by atoms with van der Waals surface area (Å²) in [6.07, 6.45) is 1.30. The van der Waals surface area contributed by atoms with Crippen LogP contribution in [0, 0.1) is 0 Å². The van der Waals surface area contributed by atoms with Gasteiger partial charge in [-0.25, -0.2) is 5.10 Å². The Morgan fingerprint density at radius 3 is 3.21 bits per heavy atom. The fraction of sp³-hybridized carbons (Fsp3) is 0.111. The molecule has 3 heterocycles. The number of carbonyl (C=O) groups is 1. The van der Waals surface area contributed by atoms with Crippen molar-refractivity contribution in [2.45, 2.75) is 6.54 Å². The fourth-order valence-corrected chi connectivity index (χ4v) is 2.02. The lowest BCUT2D eigenvalue weighted by Gasteiger charge is -1.99. The highest BCUT2D eigenvalue weighted by molar-refractivity contribution is 7.08. The van der Waals surface area contributed by atoms with Crippen molar-refractivity contribution in [1.82, 2.24) is 35.4 Å². The van der Waals surface area contributed by atoms with Gasteiger partial charge < -0.3 is 0 Å². The van der Waals surface area contributed by atoms with Crippen molar-refractivity contribution < 1.29 is 4.79 Å². The van der Waals surface area contributed by atoms with Crippen molar-refractivity contribution in [1.29, 1.82) is 0 Å². The van der Waals surface area contributed by atoms with Crippen molar-refractivity contribution >= 4 is 23.2 Å². The first-order chi connectivity index (χ1) is 9.31. The van der Waals surface area contributed by atoms with E-state index in [2.05, 4.69) is 35.9 Å². The Balaban J connectivity index is 1.65. The molecule has 3 aromatic heterocycles. The van der Waals surface area contributed by atoms with Crippen molar-refractivity contribution in [2.24, 2.45) is 0 Å². The number of nitrogens with zero attached hydrogens (tertiary/aromatic N) is 6. The summed E-state index contributed by atoms with van der Waals surface area (Å²) in [5.41, 5.74) is 0.881. The minimum Gasteiger partial charge on any atom is -0.293 e. The molecular formula is C9H8N8OS. The van der Waals surface area contributed by atoms with Gasteiger partial charge in [-0.05, 0) is 16.7 Å². The first-order valence-corrected chi connectivity index (χ1v) is 6.21. The lowest BCUT2D eigenvalue weighted by atomic mass is 10.3. The number of hydrogen-bond donors (Lipinski definition) is 2. The molecule has 0 radical (unpaired) electrons. The zero-order chi connectivity index (χ0) is 13.1. The molecule has 9 nitrogen and oxygen atoms in total. The lowest BCUT2D eigenvalue weighted by Crippen LogP contribution is -2.21. The van der Waals surface area contributed by atoms with Gasteiger partial charge in [0.1, 0.15) is 12.9 Å². The molecule has 0 aliphatic carbocycles. The van der Waals surface area contributed by atoms with Crippen molar-refractivity contribution in [3.63, 3.8) is 0 Å². The van der Waals surface area contributed by atoms with E-state index >= 15 is 0 Å². The van der Waals surface area contributed by atoms with Crippen LogP contribution in [0.3, 0.4) is 0 Å². The van der Waals surface area contributed by atoms with Gasteiger partial charge in [0, 0.05) is 10.9 Å². The molecule has 10 heteroatoms. The van der Waals surface area contributed by atoms with Crippen LogP contribution in [0.25, 0.3) is 11.4 Å². The van der Waals surface area contributed by atoms with Crippen LogP contribution in [0.1, 0.15) is 0 Å². The summed E-state index contributed by atoms with van der Waals surface area (Å²) in [7, 11) is 0. The number of rotatable bonds is 4. The monoisotopic (exact) mass is 276 g/mol. The Hall–Kier alpha value is -2.62. The highest BCUT2D eigenvalue weighted by atomic mass is 32.1. The molecule has 3 aromatic rings. The van der Waals surface area contributed by atoms with Crippen LogP contribution >= 0.6 is 11.3 Å².